The number of hydrogen-bond acceptors (Lipinski definition) is 3. The van der Waals surface area contributed by atoms with Gasteiger partial charge in [-0.3, -0.25) is 4.90 Å². The van der Waals surface area contributed by atoms with Gasteiger partial charge < -0.3 is 4.90 Å². The maximum absolute atomic E-state index is 9.49. The van der Waals surface area contributed by atoms with Crippen molar-refractivity contribution in [3.63, 3.8) is 0 Å². The van der Waals surface area contributed by atoms with Crippen LogP contribution in [0.5, 0.6) is 0 Å². The SMILES string of the molecule is N#CC1CCCCCC1N1CCC(N2CCCCC2)CC1. The summed E-state index contributed by atoms with van der Waals surface area (Å²) in [5.41, 5.74) is 0. The van der Waals surface area contributed by atoms with Crippen LogP contribution in [0.15, 0.2) is 0 Å². The van der Waals surface area contributed by atoms with Gasteiger partial charge in [-0.1, -0.05) is 25.7 Å². The molecule has 2 atom stereocenters. The van der Waals surface area contributed by atoms with E-state index in [9.17, 15) is 5.26 Å². The van der Waals surface area contributed by atoms with Crippen LogP contribution in [-0.4, -0.2) is 48.1 Å². The zero-order valence-corrected chi connectivity index (χ0v) is 13.5. The Morgan fingerprint density at radius 3 is 2.05 bits per heavy atom. The van der Waals surface area contributed by atoms with Crippen molar-refractivity contribution in [2.75, 3.05) is 26.2 Å². The topological polar surface area (TPSA) is 30.3 Å². The molecule has 0 aromatic heterocycles. The second-order valence-electron chi connectivity index (χ2n) is 7.30. The smallest absolute Gasteiger partial charge is 0.0672 e. The molecule has 0 bridgehead atoms. The normalized spacial score (nSPS) is 34.2. The first-order valence-corrected chi connectivity index (χ1v) is 9.26. The molecule has 118 valence electrons. The number of likely N-dealkylation sites (tertiary alicyclic amines) is 2. The maximum atomic E-state index is 9.49. The maximum Gasteiger partial charge on any atom is 0.0672 e. The highest BCUT2D eigenvalue weighted by molar-refractivity contribution is 4.96. The molecule has 0 N–H and O–H groups in total. The van der Waals surface area contributed by atoms with E-state index < -0.39 is 0 Å². The van der Waals surface area contributed by atoms with E-state index in [0.29, 0.717) is 12.0 Å². The molecule has 3 heteroatoms. The van der Waals surface area contributed by atoms with Crippen molar-refractivity contribution in [1.29, 1.82) is 5.26 Å². The third-order valence-corrected chi connectivity index (χ3v) is 6.02. The molecule has 0 aromatic rings. The van der Waals surface area contributed by atoms with Crippen LogP contribution < -0.4 is 0 Å². The Labute approximate surface area is 130 Å². The average Bonchev–Trinajstić information content (AvgIpc) is 2.81. The molecule has 1 aliphatic carbocycles. The van der Waals surface area contributed by atoms with Crippen molar-refractivity contribution in [3.8, 4) is 6.07 Å². The Morgan fingerprint density at radius 2 is 1.33 bits per heavy atom. The van der Waals surface area contributed by atoms with E-state index in [1.807, 2.05) is 0 Å². The van der Waals surface area contributed by atoms with Crippen LogP contribution in [0.4, 0.5) is 0 Å². The van der Waals surface area contributed by atoms with E-state index in [0.717, 1.165) is 12.5 Å². The molecular weight excluding hydrogens is 258 g/mol. The summed E-state index contributed by atoms with van der Waals surface area (Å²) in [5, 5.41) is 9.49. The number of nitrogens with zero attached hydrogens (tertiary/aromatic N) is 3. The summed E-state index contributed by atoms with van der Waals surface area (Å²) < 4.78 is 0. The third kappa shape index (κ3) is 3.79. The van der Waals surface area contributed by atoms with Crippen LogP contribution in [0, 0.1) is 17.2 Å². The minimum atomic E-state index is 0.291. The predicted molar refractivity (Wildman–Crippen MR) is 86.0 cm³/mol. The molecule has 3 aliphatic rings. The Bertz CT molecular complexity index is 348. The molecule has 2 heterocycles. The Hall–Kier alpha value is -0.590. The highest BCUT2D eigenvalue weighted by atomic mass is 15.2. The molecule has 2 aliphatic heterocycles. The van der Waals surface area contributed by atoms with Crippen molar-refractivity contribution in [2.24, 2.45) is 5.92 Å². The van der Waals surface area contributed by atoms with Gasteiger partial charge in [0.25, 0.3) is 0 Å². The number of rotatable bonds is 2. The number of nitriles is 1. The summed E-state index contributed by atoms with van der Waals surface area (Å²) in [6, 6.07) is 4.00. The lowest BCUT2D eigenvalue weighted by Crippen LogP contribution is -2.50. The minimum absolute atomic E-state index is 0.291. The summed E-state index contributed by atoms with van der Waals surface area (Å²) in [4.78, 5) is 5.41. The van der Waals surface area contributed by atoms with Crippen LogP contribution in [0.25, 0.3) is 0 Å². The summed E-state index contributed by atoms with van der Waals surface area (Å²) in [6.07, 6.45) is 13.2. The molecule has 1 saturated carbocycles. The molecular formula is C18H31N3. The van der Waals surface area contributed by atoms with Gasteiger partial charge in [0.15, 0.2) is 0 Å². The van der Waals surface area contributed by atoms with E-state index in [4.69, 9.17) is 0 Å². The van der Waals surface area contributed by atoms with E-state index in [2.05, 4.69) is 15.9 Å². The fourth-order valence-corrected chi connectivity index (χ4v) is 4.74. The van der Waals surface area contributed by atoms with Crippen molar-refractivity contribution >= 4 is 0 Å². The molecule has 2 saturated heterocycles. The van der Waals surface area contributed by atoms with E-state index >= 15 is 0 Å². The first-order chi connectivity index (χ1) is 10.4. The Balaban J connectivity index is 1.53. The summed E-state index contributed by atoms with van der Waals surface area (Å²) in [5.74, 6) is 0.291. The van der Waals surface area contributed by atoms with Crippen LogP contribution in [0.2, 0.25) is 0 Å². The Kier molecular flexibility index (Phi) is 5.55. The lowest BCUT2D eigenvalue weighted by Gasteiger charge is -2.43. The van der Waals surface area contributed by atoms with Gasteiger partial charge in [0.05, 0.1) is 12.0 Å². The molecule has 2 unspecified atom stereocenters. The number of hydrogen-bond donors (Lipinski definition) is 0. The van der Waals surface area contributed by atoms with Gasteiger partial charge in [-0.15, -0.1) is 0 Å². The average molecular weight is 289 g/mol. The van der Waals surface area contributed by atoms with E-state index in [1.54, 1.807) is 0 Å². The summed E-state index contributed by atoms with van der Waals surface area (Å²) in [7, 11) is 0. The van der Waals surface area contributed by atoms with Crippen LogP contribution in [0.3, 0.4) is 0 Å². The fraction of sp³-hybridized carbons (Fsp3) is 0.944. The van der Waals surface area contributed by atoms with Gasteiger partial charge in [-0.2, -0.15) is 5.26 Å². The van der Waals surface area contributed by atoms with Gasteiger partial charge in [-0.25, -0.2) is 0 Å². The Morgan fingerprint density at radius 1 is 0.667 bits per heavy atom. The van der Waals surface area contributed by atoms with Gasteiger partial charge in [0.1, 0.15) is 0 Å². The van der Waals surface area contributed by atoms with Gasteiger partial charge in [-0.05, 0) is 64.7 Å². The van der Waals surface area contributed by atoms with Crippen molar-refractivity contribution < 1.29 is 0 Å². The molecule has 3 fully saturated rings. The quantitative estimate of drug-likeness (QED) is 0.730. The summed E-state index contributed by atoms with van der Waals surface area (Å²) in [6.45, 7) is 5.11. The van der Waals surface area contributed by atoms with Crippen LogP contribution in [0.1, 0.15) is 64.2 Å². The predicted octanol–water partition coefficient (Wildman–Crippen LogP) is 3.41. The molecule has 0 amide bonds. The highest BCUT2D eigenvalue weighted by Gasteiger charge is 2.33. The highest BCUT2D eigenvalue weighted by Crippen LogP contribution is 2.30. The molecule has 3 rings (SSSR count). The lowest BCUT2D eigenvalue weighted by molar-refractivity contribution is 0.0596. The molecule has 0 aromatic carbocycles. The first kappa shape index (κ1) is 15.3. The molecule has 21 heavy (non-hydrogen) atoms. The van der Waals surface area contributed by atoms with E-state index in [1.165, 1.54) is 84.0 Å². The van der Waals surface area contributed by atoms with Crippen molar-refractivity contribution in [2.45, 2.75) is 76.3 Å². The van der Waals surface area contributed by atoms with Gasteiger partial charge in [0, 0.05) is 12.1 Å². The standard InChI is InChI=1S/C18H31N3/c19-15-16-7-3-1-4-8-18(16)21-13-9-17(10-14-21)20-11-5-2-6-12-20/h16-18H,1-14H2. The third-order valence-electron chi connectivity index (χ3n) is 6.02. The molecule has 0 spiro atoms. The second kappa shape index (κ2) is 7.61. The zero-order chi connectivity index (χ0) is 14.5. The zero-order valence-electron chi connectivity index (χ0n) is 13.5. The lowest BCUT2D eigenvalue weighted by atomic mass is 9.91. The fourth-order valence-electron chi connectivity index (χ4n) is 4.74. The van der Waals surface area contributed by atoms with Crippen LogP contribution >= 0.6 is 0 Å². The molecule has 0 radical (unpaired) electrons. The minimum Gasteiger partial charge on any atom is -0.300 e. The number of piperidine rings is 2. The van der Waals surface area contributed by atoms with Gasteiger partial charge >= 0.3 is 0 Å². The summed E-state index contributed by atoms with van der Waals surface area (Å²) >= 11 is 0. The van der Waals surface area contributed by atoms with E-state index in [-0.39, 0.29) is 0 Å². The van der Waals surface area contributed by atoms with Crippen molar-refractivity contribution in [1.82, 2.24) is 9.80 Å². The van der Waals surface area contributed by atoms with Crippen LogP contribution in [-0.2, 0) is 0 Å². The largest absolute Gasteiger partial charge is 0.300 e. The molecule has 3 nitrogen and oxygen atoms in total. The van der Waals surface area contributed by atoms with Gasteiger partial charge in [0.2, 0.25) is 0 Å². The van der Waals surface area contributed by atoms with Crippen molar-refractivity contribution in [3.05, 3.63) is 0 Å². The second-order valence-corrected chi connectivity index (χ2v) is 7.30. The first-order valence-electron chi connectivity index (χ1n) is 9.26. The monoisotopic (exact) mass is 289 g/mol.